The van der Waals surface area contributed by atoms with Crippen LogP contribution in [0.5, 0.6) is 11.5 Å². The monoisotopic (exact) mass is 311 g/mol. The Morgan fingerprint density at radius 3 is 2.71 bits per heavy atom. The number of ether oxygens (including phenoxy) is 2. The molecule has 1 heterocycles. The molecule has 0 bridgehead atoms. The number of halogens is 1. The van der Waals surface area contributed by atoms with Crippen molar-refractivity contribution in [1.29, 1.82) is 0 Å². The van der Waals surface area contributed by atoms with Crippen LogP contribution < -0.4 is 14.8 Å². The smallest absolute Gasteiger partial charge is 0.243 e. The standard InChI is InChI=1S/C14H18ClN3O3/c1-5-16-8(2)14-17-13(18-21-14)9-6-10(15)12(20-4)11(7-9)19-3/h6-8,16H,5H2,1-4H3. The summed E-state index contributed by atoms with van der Waals surface area (Å²) in [7, 11) is 3.08. The van der Waals surface area contributed by atoms with Crippen molar-refractivity contribution in [3.05, 3.63) is 23.0 Å². The zero-order valence-corrected chi connectivity index (χ0v) is 13.2. The summed E-state index contributed by atoms with van der Waals surface area (Å²) >= 11 is 6.18. The molecular weight excluding hydrogens is 294 g/mol. The third kappa shape index (κ3) is 3.28. The van der Waals surface area contributed by atoms with Gasteiger partial charge in [-0.1, -0.05) is 23.7 Å². The Morgan fingerprint density at radius 2 is 2.10 bits per heavy atom. The maximum Gasteiger partial charge on any atom is 0.243 e. The summed E-state index contributed by atoms with van der Waals surface area (Å²) in [5.41, 5.74) is 0.705. The fourth-order valence-electron chi connectivity index (χ4n) is 1.97. The summed E-state index contributed by atoms with van der Waals surface area (Å²) < 4.78 is 15.7. The molecule has 2 rings (SSSR count). The molecule has 21 heavy (non-hydrogen) atoms. The van der Waals surface area contributed by atoms with Gasteiger partial charge >= 0.3 is 0 Å². The fraction of sp³-hybridized carbons (Fsp3) is 0.429. The third-order valence-corrected chi connectivity index (χ3v) is 3.29. The number of aromatic nitrogens is 2. The van der Waals surface area contributed by atoms with Crippen LogP contribution in [-0.2, 0) is 0 Å². The zero-order chi connectivity index (χ0) is 15.4. The minimum absolute atomic E-state index is 0.00753. The molecule has 2 aromatic rings. The van der Waals surface area contributed by atoms with Gasteiger partial charge in [-0.25, -0.2) is 0 Å². The SMILES string of the molecule is CCNC(C)c1nc(-c2cc(Cl)c(OC)c(OC)c2)no1. The Kier molecular flexibility index (Phi) is 5.03. The molecule has 0 saturated heterocycles. The number of rotatable bonds is 6. The van der Waals surface area contributed by atoms with E-state index in [9.17, 15) is 0 Å². The van der Waals surface area contributed by atoms with E-state index in [1.807, 2.05) is 13.8 Å². The second-order valence-electron chi connectivity index (χ2n) is 4.43. The Morgan fingerprint density at radius 1 is 1.33 bits per heavy atom. The molecule has 0 aliphatic heterocycles. The van der Waals surface area contributed by atoms with Crippen LogP contribution >= 0.6 is 11.6 Å². The molecule has 0 saturated carbocycles. The normalized spacial score (nSPS) is 12.2. The van der Waals surface area contributed by atoms with Gasteiger partial charge in [0, 0.05) is 5.56 Å². The molecule has 6 nitrogen and oxygen atoms in total. The van der Waals surface area contributed by atoms with Gasteiger partial charge in [-0.2, -0.15) is 4.98 Å². The summed E-state index contributed by atoms with van der Waals surface area (Å²) in [6.07, 6.45) is 0. The molecule has 1 N–H and O–H groups in total. The minimum atomic E-state index is -0.00753. The fourth-order valence-corrected chi connectivity index (χ4v) is 2.26. The van der Waals surface area contributed by atoms with Crippen LogP contribution in [0.3, 0.4) is 0 Å². The molecule has 0 aliphatic carbocycles. The van der Waals surface area contributed by atoms with Gasteiger partial charge in [-0.3, -0.25) is 0 Å². The number of hydrogen-bond acceptors (Lipinski definition) is 6. The maximum atomic E-state index is 6.18. The molecule has 1 atom stereocenters. The van der Waals surface area contributed by atoms with E-state index in [2.05, 4.69) is 15.5 Å². The van der Waals surface area contributed by atoms with Gasteiger partial charge in [0.25, 0.3) is 0 Å². The van der Waals surface area contributed by atoms with E-state index >= 15 is 0 Å². The lowest BCUT2D eigenvalue weighted by Crippen LogP contribution is -2.17. The average Bonchev–Trinajstić information content (AvgIpc) is 2.96. The van der Waals surface area contributed by atoms with Crippen LogP contribution in [0.15, 0.2) is 16.7 Å². The number of benzene rings is 1. The third-order valence-electron chi connectivity index (χ3n) is 3.01. The van der Waals surface area contributed by atoms with E-state index in [0.717, 1.165) is 6.54 Å². The highest BCUT2D eigenvalue weighted by molar-refractivity contribution is 6.32. The number of nitrogens with zero attached hydrogens (tertiary/aromatic N) is 2. The Hall–Kier alpha value is -1.79. The molecule has 0 aliphatic rings. The summed E-state index contributed by atoms with van der Waals surface area (Å²) in [5, 5.41) is 7.62. The molecule has 0 fully saturated rings. The Labute approximate surface area is 128 Å². The summed E-state index contributed by atoms with van der Waals surface area (Å²) in [6, 6.07) is 3.47. The van der Waals surface area contributed by atoms with Gasteiger partial charge < -0.3 is 19.3 Å². The van der Waals surface area contributed by atoms with Gasteiger partial charge in [0.05, 0.1) is 25.3 Å². The quantitative estimate of drug-likeness (QED) is 0.884. The van der Waals surface area contributed by atoms with Crippen molar-refractivity contribution in [3.8, 4) is 22.9 Å². The minimum Gasteiger partial charge on any atom is -0.493 e. The van der Waals surface area contributed by atoms with E-state index in [4.69, 9.17) is 25.6 Å². The van der Waals surface area contributed by atoms with Gasteiger partial charge in [-0.05, 0) is 25.6 Å². The number of hydrogen-bond donors (Lipinski definition) is 1. The highest BCUT2D eigenvalue weighted by atomic mass is 35.5. The van der Waals surface area contributed by atoms with Crippen LogP contribution in [0.25, 0.3) is 11.4 Å². The predicted molar refractivity (Wildman–Crippen MR) is 79.9 cm³/mol. The van der Waals surface area contributed by atoms with Gasteiger partial charge in [0.1, 0.15) is 0 Å². The molecule has 1 aromatic heterocycles. The van der Waals surface area contributed by atoms with E-state index in [-0.39, 0.29) is 6.04 Å². The van der Waals surface area contributed by atoms with Crippen molar-refractivity contribution in [2.45, 2.75) is 19.9 Å². The lowest BCUT2D eigenvalue weighted by atomic mass is 10.2. The maximum absolute atomic E-state index is 6.18. The van der Waals surface area contributed by atoms with Crippen molar-refractivity contribution in [2.75, 3.05) is 20.8 Å². The van der Waals surface area contributed by atoms with Crippen molar-refractivity contribution in [1.82, 2.24) is 15.5 Å². The lowest BCUT2D eigenvalue weighted by Gasteiger charge is -2.10. The Balaban J connectivity index is 2.36. The molecular formula is C14H18ClN3O3. The molecule has 7 heteroatoms. The van der Waals surface area contributed by atoms with Gasteiger partial charge in [0.15, 0.2) is 11.5 Å². The van der Waals surface area contributed by atoms with Crippen molar-refractivity contribution >= 4 is 11.6 Å². The first-order chi connectivity index (χ1) is 10.1. The van der Waals surface area contributed by atoms with Crippen LogP contribution in [0.2, 0.25) is 5.02 Å². The van der Waals surface area contributed by atoms with Gasteiger partial charge in [-0.15, -0.1) is 0 Å². The van der Waals surface area contributed by atoms with E-state index < -0.39 is 0 Å². The zero-order valence-electron chi connectivity index (χ0n) is 12.4. The van der Waals surface area contributed by atoms with Crippen molar-refractivity contribution in [3.63, 3.8) is 0 Å². The van der Waals surface area contributed by atoms with E-state index in [0.29, 0.717) is 33.8 Å². The largest absolute Gasteiger partial charge is 0.493 e. The second kappa shape index (κ2) is 6.78. The highest BCUT2D eigenvalue weighted by Crippen LogP contribution is 2.38. The summed E-state index contributed by atoms with van der Waals surface area (Å²) in [4.78, 5) is 4.38. The van der Waals surface area contributed by atoms with Crippen LogP contribution in [-0.4, -0.2) is 30.9 Å². The van der Waals surface area contributed by atoms with Gasteiger partial charge in [0.2, 0.25) is 11.7 Å². The van der Waals surface area contributed by atoms with Crippen LogP contribution in [0, 0.1) is 0 Å². The molecule has 0 radical (unpaired) electrons. The molecule has 114 valence electrons. The Bertz CT molecular complexity index is 616. The van der Waals surface area contributed by atoms with E-state index in [1.54, 1.807) is 19.2 Å². The first kappa shape index (κ1) is 15.6. The summed E-state index contributed by atoms with van der Waals surface area (Å²) in [5.74, 6) is 1.98. The number of nitrogens with one attached hydrogen (secondary N) is 1. The van der Waals surface area contributed by atoms with E-state index in [1.165, 1.54) is 7.11 Å². The molecule has 1 unspecified atom stereocenters. The summed E-state index contributed by atoms with van der Waals surface area (Å²) in [6.45, 7) is 4.80. The topological polar surface area (TPSA) is 69.4 Å². The van der Waals surface area contributed by atoms with Crippen molar-refractivity contribution in [2.24, 2.45) is 0 Å². The first-order valence-electron chi connectivity index (χ1n) is 6.59. The average molecular weight is 312 g/mol. The van der Waals surface area contributed by atoms with Crippen molar-refractivity contribution < 1.29 is 14.0 Å². The first-order valence-corrected chi connectivity index (χ1v) is 6.97. The molecule has 0 amide bonds. The molecule has 0 spiro atoms. The predicted octanol–water partition coefficient (Wildman–Crippen LogP) is 3.08. The van der Waals surface area contributed by atoms with Crippen LogP contribution in [0.1, 0.15) is 25.8 Å². The molecule has 1 aromatic carbocycles. The van der Waals surface area contributed by atoms with Crippen LogP contribution in [0.4, 0.5) is 0 Å². The highest BCUT2D eigenvalue weighted by Gasteiger charge is 2.17. The number of methoxy groups -OCH3 is 2. The lowest BCUT2D eigenvalue weighted by molar-refractivity contribution is 0.342. The second-order valence-corrected chi connectivity index (χ2v) is 4.84.